The van der Waals surface area contributed by atoms with Crippen LogP contribution in [0.15, 0.2) is 17.1 Å². The molecule has 0 bridgehead atoms. The van der Waals surface area contributed by atoms with Gasteiger partial charge in [-0.25, -0.2) is 4.79 Å². The Labute approximate surface area is 119 Å². The number of hydrogen-bond donors (Lipinski definition) is 5. The molecule has 9 nitrogen and oxygen atoms in total. The average molecular weight is 323 g/mol. The summed E-state index contributed by atoms with van der Waals surface area (Å²) in [7, 11) is -2.09. The molecule has 1 saturated heterocycles. The van der Waals surface area contributed by atoms with Crippen LogP contribution in [0.5, 0.6) is 0 Å². The lowest BCUT2D eigenvalue weighted by atomic mass is 10.1. The molecule has 11 heteroatoms. The molecule has 6 N–H and O–H groups in total. The van der Waals surface area contributed by atoms with Gasteiger partial charge in [-0.1, -0.05) is 12.2 Å². The number of nitrogens with two attached hydrogens (primary N) is 1. The molecule has 1 aromatic heterocycles. The SMILES string of the molecule is NP(O)OC[C@H]1O[C@@H](n2ccc(=S)[nH]c2=O)[C@H](O)[C@@H]1O. The van der Waals surface area contributed by atoms with Crippen LogP contribution in [0, 0.1) is 4.64 Å². The Hall–Kier alpha value is -0.710. The van der Waals surface area contributed by atoms with Crippen LogP contribution in [-0.4, -0.2) is 49.6 Å². The highest BCUT2D eigenvalue weighted by Gasteiger charge is 2.44. The van der Waals surface area contributed by atoms with E-state index in [1.807, 2.05) is 0 Å². The maximum Gasteiger partial charge on any atom is 0.328 e. The quantitative estimate of drug-likeness (QED) is 0.340. The molecule has 1 aliphatic rings. The molecule has 5 atom stereocenters. The van der Waals surface area contributed by atoms with Crippen molar-refractivity contribution in [2.24, 2.45) is 5.50 Å². The van der Waals surface area contributed by atoms with Crippen molar-refractivity contribution in [3.05, 3.63) is 27.4 Å². The summed E-state index contributed by atoms with van der Waals surface area (Å²) in [5.74, 6) is 0. The van der Waals surface area contributed by atoms with Crippen LogP contribution in [0.4, 0.5) is 0 Å². The minimum absolute atomic E-state index is 0.203. The van der Waals surface area contributed by atoms with E-state index in [0.717, 1.165) is 4.57 Å². The van der Waals surface area contributed by atoms with Crippen molar-refractivity contribution < 1.29 is 24.4 Å². The Morgan fingerprint density at radius 3 is 2.85 bits per heavy atom. The first-order valence-electron chi connectivity index (χ1n) is 5.60. The summed E-state index contributed by atoms with van der Waals surface area (Å²) in [4.78, 5) is 23.0. The predicted molar refractivity (Wildman–Crippen MR) is 71.1 cm³/mol. The normalized spacial score (nSPS) is 31.4. The van der Waals surface area contributed by atoms with Gasteiger partial charge >= 0.3 is 5.69 Å². The number of aliphatic hydroxyl groups excluding tert-OH is 2. The molecule has 112 valence electrons. The molecule has 0 aromatic carbocycles. The van der Waals surface area contributed by atoms with E-state index < -0.39 is 38.8 Å². The fourth-order valence-corrected chi connectivity index (χ4v) is 2.32. The number of ether oxygens (including phenoxy) is 1. The minimum atomic E-state index is -2.09. The Morgan fingerprint density at radius 1 is 1.55 bits per heavy atom. The number of aliphatic hydroxyl groups is 2. The van der Waals surface area contributed by atoms with Gasteiger partial charge in [0, 0.05) is 6.20 Å². The van der Waals surface area contributed by atoms with Crippen LogP contribution >= 0.6 is 20.7 Å². The maximum absolute atomic E-state index is 11.7. The molecule has 0 amide bonds. The highest BCUT2D eigenvalue weighted by Crippen LogP contribution is 2.30. The van der Waals surface area contributed by atoms with Crippen LogP contribution < -0.4 is 11.2 Å². The van der Waals surface area contributed by atoms with Gasteiger partial charge in [0.15, 0.2) is 6.23 Å². The van der Waals surface area contributed by atoms with Crippen LogP contribution in [0.1, 0.15) is 6.23 Å². The van der Waals surface area contributed by atoms with Gasteiger partial charge in [0.2, 0.25) is 8.53 Å². The van der Waals surface area contributed by atoms with Gasteiger partial charge < -0.3 is 24.4 Å². The third-order valence-electron chi connectivity index (χ3n) is 2.83. The van der Waals surface area contributed by atoms with Crippen LogP contribution in [0.2, 0.25) is 0 Å². The van der Waals surface area contributed by atoms with Crippen LogP contribution in [0.25, 0.3) is 0 Å². The van der Waals surface area contributed by atoms with Gasteiger partial charge in [-0.15, -0.1) is 0 Å². The Balaban J connectivity index is 2.17. The smallest absolute Gasteiger partial charge is 0.328 e. The van der Waals surface area contributed by atoms with E-state index in [9.17, 15) is 15.0 Å². The Kier molecular flexibility index (Phi) is 4.99. The molecule has 2 rings (SSSR count). The van der Waals surface area contributed by atoms with E-state index in [2.05, 4.69) is 4.98 Å². The molecular formula is C9H14N3O6PS. The first-order valence-corrected chi connectivity index (χ1v) is 7.29. The molecular weight excluding hydrogens is 309 g/mol. The van der Waals surface area contributed by atoms with Gasteiger partial charge in [0.1, 0.15) is 23.0 Å². The molecule has 1 fully saturated rings. The molecule has 0 radical (unpaired) electrons. The standard InChI is InChI=1S/C9H14N3O6PS/c10-19(16)17-3-4-6(13)7(14)8(18-4)12-2-1-5(20)11-9(12)15/h1-2,4,6-8,13-14,16H,3,10H2,(H,11,15,20)/t4-,6-,7-,8-,19?/m1/s1. The van der Waals surface area contributed by atoms with Gasteiger partial charge in [0.05, 0.1) is 6.61 Å². The maximum atomic E-state index is 11.7. The molecule has 1 aromatic rings. The van der Waals surface area contributed by atoms with Crippen LogP contribution in [-0.2, 0) is 9.26 Å². The number of rotatable bonds is 4. The monoisotopic (exact) mass is 323 g/mol. The first kappa shape index (κ1) is 15.7. The molecule has 20 heavy (non-hydrogen) atoms. The molecule has 2 heterocycles. The summed E-state index contributed by atoms with van der Waals surface area (Å²) in [5, 5.41) is 19.8. The minimum Gasteiger partial charge on any atom is -0.387 e. The van der Waals surface area contributed by atoms with E-state index in [1.54, 1.807) is 0 Å². The summed E-state index contributed by atoms with van der Waals surface area (Å²) < 4.78 is 11.5. The third kappa shape index (κ3) is 3.30. The Bertz CT molecular complexity index is 577. The lowest BCUT2D eigenvalue weighted by Crippen LogP contribution is -2.36. The van der Waals surface area contributed by atoms with Crippen molar-refractivity contribution in [2.75, 3.05) is 6.61 Å². The molecule has 1 unspecified atom stereocenters. The number of aromatic nitrogens is 2. The summed E-state index contributed by atoms with van der Waals surface area (Å²) in [6, 6.07) is 1.45. The zero-order valence-corrected chi connectivity index (χ0v) is 11.8. The molecule has 0 spiro atoms. The van der Waals surface area contributed by atoms with Crippen LogP contribution in [0.3, 0.4) is 0 Å². The van der Waals surface area contributed by atoms with Crippen molar-refractivity contribution in [2.45, 2.75) is 24.5 Å². The highest BCUT2D eigenvalue weighted by atomic mass is 32.1. The van der Waals surface area contributed by atoms with Crippen molar-refractivity contribution in [3.8, 4) is 0 Å². The fourth-order valence-electron chi connectivity index (χ4n) is 1.87. The van der Waals surface area contributed by atoms with Crippen molar-refractivity contribution >= 4 is 20.7 Å². The van der Waals surface area contributed by atoms with Gasteiger partial charge in [-0.3, -0.25) is 15.1 Å². The topological polar surface area (TPSA) is 143 Å². The molecule has 0 aliphatic carbocycles. The predicted octanol–water partition coefficient (Wildman–Crippen LogP) is -1.28. The lowest BCUT2D eigenvalue weighted by molar-refractivity contribution is -0.0513. The lowest BCUT2D eigenvalue weighted by Gasteiger charge is -2.16. The fraction of sp³-hybridized carbons (Fsp3) is 0.556. The third-order valence-corrected chi connectivity index (χ3v) is 3.49. The zero-order chi connectivity index (χ0) is 14.9. The van der Waals surface area contributed by atoms with E-state index >= 15 is 0 Å². The van der Waals surface area contributed by atoms with Crippen molar-refractivity contribution in [1.82, 2.24) is 9.55 Å². The van der Waals surface area contributed by atoms with E-state index in [4.69, 9.17) is 31.9 Å². The van der Waals surface area contributed by atoms with Crippen molar-refractivity contribution in [3.63, 3.8) is 0 Å². The summed E-state index contributed by atoms with van der Waals surface area (Å²) in [6.45, 7) is -0.203. The number of nitrogens with zero attached hydrogens (tertiary/aromatic N) is 1. The second-order valence-electron chi connectivity index (χ2n) is 4.16. The number of H-pyrrole nitrogens is 1. The van der Waals surface area contributed by atoms with E-state index in [-0.39, 0.29) is 11.2 Å². The van der Waals surface area contributed by atoms with Gasteiger partial charge in [-0.05, 0) is 6.07 Å². The number of nitrogens with one attached hydrogen (secondary N) is 1. The molecule has 1 aliphatic heterocycles. The van der Waals surface area contributed by atoms with E-state index in [0.29, 0.717) is 0 Å². The highest BCUT2D eigenvalue weighted by molar-refractivity contribution is 7.71. The summed E-state index contributed by atoms with van der Waals surface area (Å²) in [5.41, 5.74) is 4.49. The number of aromatic amines is 1. The van der Waals surface area contributed by atoms with Gasteiger partial charge in [0.25, 0.3) is 0 Å². The first-order chi connectivity index (χ1) is 9.40. The summed E-state index contributed by atoms with van der Waals surface area (Å²) >= 11 is 4.80. The second-order valence-corrected chi connectivity index (χ2v) is 5.47. The summed E-state index contributed by atoms with van der Waals surface area (Å²) in [6.07, 6.45) is -3.24. The second kappa shape index (κ2) is 6.37. The molecule has 0 saturated carbocycles. The average Bonchev–Trinajstić information content (AvgIpc) is 2.64. The zero-order valence-electron chi connectivity index (χ0n) is 10.1. The largest absolute Gasteiger partial charge is 0.387 e. The van der Waals surface area contributed by atoms with Gasteiger partial charge in [-0.2, -0.15) is 0 Å². The Morgan fingerprint density at radius 2 is 2.25 bits per heavy atom. The van der Waals surface area contributed by atoms with E-state index in [1.165, 1.54) is 12.3 Å². The number of hydrogen-bond acceptors (Lipinski definition) is 8. The van der Waals surface area contributed by atoms with Crippen molar-refractivity contribution in [1.29, 1.82) is 0 Å².